The monoisotopic (exact) mass is 380 g/mol. The van der Waals surface area contributed by atoms with Crippen molar-refractivity contribution in [2.24, 2.45) is 0 Å². The molecule has 3 heterocycles. The molecule has 0 amide bonds. The lowest BCUT2D eigenvalue weighted by Gasteiger charge is -2.05. The molecule has 134 valence electrons. The number of carbonyl (C=O) groups excluding carboxylic acids is 1. The first-order chi connectivity index (χ1) is 13.1. The van der Waals surface area contributed by atoms with Gasteiger partial charge in [0.15, 0.2) is 5.65 Å². The topological polar surface area (TPSA) is 99.6 Å². The molecule has 1 aromatic carbocycles. The molecule has 0 fully saturated rings. The number of benzene rings is 1. The van der Waals surface area contributed by atoms with Crippen molar-refractivity contribution < 1.29 is 14.5 Å². The van der Waals surface area contributed by atoms with Crippen LogP contribution in [0.1, 0.15) is 15.9 Å². The Balaban J connectivity index is 1.58. The van der Waals surface area contributed by atoms with Crippen LogP contribution in [0.3, 0.4) is 0 Å². The Bertz CT molecular complexity index is 1140. The molecule has 0 aliphatic heterocycles. The second kappa shape index (κ2) is 6.96. The van der Waals surface area contributed by atoms with Crippen molar-refractivity contribution in [2.75, 3.05) is 0 Å². The number of nitro groups is 1. The van der Waals surface area contributed by atoms with Crippen molar-refractivity contribution in [3.8, 4) is 11.3 Å². The molecular weight excluding hydrogens is 368 g/mol. The van der Waals surface area contributed by atoms with Gasteiger partial charge < -0.3 is 4.74 Å². The standard InChI is InChI=1S/C18H12N4O4S/c23-18(26-10-12-8-16(22(24)25)27-11-12)14-9-20-21-15(6-7-19-17(14)21)13-4-2-1-3-5-13/h1-9,11H,10H2. The van der Waals surface area contributed by atoms with Gasteiger partial charge in [0.25, 0.3) is 0 Å². The minimum atomic E-state index is -0.587. The Morgan fingerprint density at radius 2 is 2.07 bits per heavy atom. The summed E-state index contributed by atoms with van der Waals surface area (Å²) in [6.07, 6.45) is 3.02. The van der Waals surface area contributed by atoms with E-state index < -0.39 is 10.9 Å². The summed E-state index contributed by atoms with van der Waals surface area (Å²) in [4.78, 5) is 26.9. The molecule has 8 nitrogen and oxygen atoms in total. The van der Waals surface area contributed by atoms with Gasteiger partial charge in [-0.2, -0.15) is 5.10 Å². The minimum absolute atomic E-state index is 0.00574. The van der Waals surface area contributed by atoms with Crippen molar-refractivity contribution in [3.63, 3.8) is 0 Å². The van der Waals surface area contributed by atoms with Gasteiger partial charge in [-0.3, -0.25) is 10.1 Å². The molecule has 0 bridgehead atoms. The number of hydrogen-bond donors (Lipinski definition) is 0. The zero-order valence-corrected chi connectivity index (χ0v) is 14.6. The van der Waals surface area contributed by atoms with E-state index in [0.717, 1.165) is 22.6 Å². The number of esters is 1. The van der Waals surface area contributed by atoms with Gasteiger partial charge in [0.2, 0.25) is 0 Å². The second-order valence-corrected chi connectivity index (χ2v) is 6.51. The van der Waals surface area contributed by atoms with Crippen molar-refractivity contribution in [3.05, 3.63) is 81.5 Å². The number of ether oxygens (including phenoxy) is 1. The highest BCUT2D eigenvalue weighted by atomic mass is 32.1. The Labute approximate surface area is 156 Å². The third-order valence-electron chi connectivity index (χ3n) is 3.88. The lowest BCUT2D eigenvalue weighted by molar-refractivity contribution is -0.380. The van der Waals surface area contributed by atoms with E-state index in [1.165, 1.54) is 12.3 Å². The van der Waals surface area contributed by atoms with Crippen molar-refractivity contribution in [1.29, 1.82) is 0 Å². The van der Waals surface area contributed by atoms with Crippen LogP contribution in [-0.4, -0.2) is 25.5 Å². The third-order valence-corrected chi connectivity index (χ3v) is 4.81. The van der Waals surface area contributed by atoms with Crippen molar-refractivity contribution in [2.45, 2.75) is 6.61 Å². The van der Waals surface area contributed by atoms with Gasteiger partial charge in [-0.15, -0.1) is 0 Å². The van der Waals surface area contributed by atoms with Gasteiger partial charge >= 0.3 is 11.0 Å². The summed E-state index contributed by atoms with van der Waals surface area (Å²) >= 11 is 0.990. The quantitative estimate of drug-likeness (QED) is 0.297. The first-order valence-corrected chi connectivity index (χ1v) is 8.78. The number of nitrogens with zero attached hydrogens (tertiary/aromatic N) is 4. The molecule has 27 heavy (non-hydrogen) atoms. The molecule has 0 unspecified atom stereocenters. The molecule has 0 atom stereocenters. The predicted molar refractivity (Wildman–Crippen MR) is 98.5 cm³/mol. The zero-order chi connectivity index (χ0) is 18.8. The molecule has 0 saturated heterocycles. The highest BCUT2D eigenvalue weighted by Crippen LogP contribution is 2.24. The summed E-state index contributed by atoms with van der Waals surface area (Å²) in [5, 5.41) is 16.6. The van der Waals surface area contributed by atoms with Gasteiger partial charge in [0, 0.05) is 28.8 Å². The average molecular weight is 380 g/mol. The maximum Gasteiger partial charge on any atom is 0.343 e. The SMILES string of the molecule is O=C(OCc1csc([N+](=O)[O-])c1)c1cnn2c(-c3ccccc3)ccnc12. The first kappa shape index (κ1) is 16.9. The molecule has 4 rings (SSSR count). The van der Waals surface area contributed by atoms with Crippen LogP contribution in [-0.2, 0) is 11.3 Å². The number of carbonyl (C=O) groups is 1. The minimum Gasteiger partial charge on any atom is -0.457 e. The number of thiophene rings is 1. The first-order valence-electron chi connectivity index (χ1n) is 7.90. The lowest BCUT2D eigenvalue weighted by Crippen LogP contribution is -2.05. The van der Waals surface area contributed by atoms with Crippen LogP contribution >= 0.6 is 11.3 Å². The number of rotatable bonds is 5. The summed E-state index contributed by atoms with van der Waals surface area (Å²) in [6, 6.07) is 12.8. The van der Waals surface area contributed by atoms with Crippen molar-refractivity contribution >= 4 is 28.0 Å². The van der Waals surface area contributed by atoms with Gasteiger partial charge in [-0.1, -0.05) is 41.7 Å². The van der Waals surface area contributed by atoms with E-state index in [9.17, 15) is 14.9 Å². The fraction of sp³-hybridized carbons (Fsp3) is 0.0556. The van der Waals surface area contributed by atoms with Crippen LogP contribution in [0, 0.1) is 10.1 Å². The van der Waals surface area contributed by atoms with Gasteiger partial charge in [0.05, 0.1) is 16.8 Å². The summed E-state index contributed by atoms with van der Waals surface area (Å²) in [7, 11) is 0. The molecule has 0 N–H and O–H groups in total. The fourth-order valence-corrected chi connectivity index (χ4v) is 3.34. The van der Waals surface area contributed by atoms with Crippen LogP contribution in [0.15, 0.2) is 60.2 Å². The Morgan fingerprint density at radius 3 is 2.81 bits per heavy atom. The van der Waals surface area contributed by atoms with Crippen molar-refractivity contribution in [1.82, 2.24) is 14.6 Å². The van der Waals surface area contributed by atoms with Crippen LogP contribution in [0.25, 0.3) is 16.9 Å². The predicted octanol–water partition coefficient (Wildman–Crippen LogP) is 3.72. The normalized spacial score (nSPS) is 10.8. The average Bonchev–Trinajstić information content (AvgIpc) is 3.34. The summed E-state index contributed by atoms with van der Waals surface area (Å²) in [6.45, 7) is -0.0567. The number of hydrogen-bond acceptors (Lipinski definition) is 7. The Kier molecular flexibility index (Phi) is 4.35. The van der Waals surface area contributed by atoms with Gasteiger partial charge in [0.1, 0.15) is 12.2 Å². The highest BCUT2D eigenvalue weighted by Gasteiger charge is 2.18. The van der Waals surface area contributed by atoms with Gasteiger partial charge in [-0.05, 0) is 6.07 Å². The summed E-state index contributed by atoms with van der Waals surface area (Å²) in [5.41, 5.74) is 2.93. The Morgan fingerprint density at radius 1 is 1.26 bits per heavy atom. The second-order valence-electron chi connectivity index (χ2n) is 5.62. The number of aromatic nitrogens is 3. The molecule has 0 saturated carbocycles. The maximum atomic E-state index is 12.4. The van der Waals surface area contributed by atoms with Crippen LogP contribution < -0.4 is 0 Å². The molecule has 0 aliphatic rings. The van der Waals surface area contributed by atoms with Crippen LogP contribution in [0.5, 0.6) is 0 Å². The van der Waals surface area contributed by atoms with Crippen LogP contribution in [0.2, 0.25) is 0 Å². The molecule has 0 aliphatic carbocycles. The molecule has 0 radical (unpaired) electrons. The summed E-state index contributed by atoms with van der Waals surface area (Å²) < 4.78 is 6.86. The molecule has 3 aromatic heterocycles. The van der Waals surface area contributed by atoms with E-state index in [0.29, 0.717) is 11.2 Å². The highest BCUT2D eigenvalue weighted by molar-refractivity contribution is 7.13. The smallest absolute Gasteiger partial charge is 0.343 e. The summed E-state index contributed by atoms with van der Waals surface area (Å²) in [5.74, 6) is -0.587. The van der Waals surface area contributed by atoms with E-state index in [4.69, 9.17) is 4.74 Å². The maximum absolute atomic E-state index is 12.4. The Hall–Kier alpha value is -3.59. The zero-order valence-electron chi connectivity index (χ0n) is 13.8. The fourth-order valence-electron chi connectivity index (χ4n) is 2.62. The van der Waals surface area contributed by atoms with E-state index >= 15 is 0 Å². The van der Waals surface area contributed by atoms with Crippen LogP contribution in [0.4, 0.5) is 5.00 Å². The molecule has 9 heteroatoms. The van der Waals surface area contributed by atoms with E-state index in [1.807, 2.05) is 36.4 Å². The molecule has 0 spiro atoms. The van der Waals surface area contributed by atoms with E-state index in [-0.39, 0.29) is 17.2 Å². The third kappa shape index (κ3) is 3.27. The molecule has 4 aromatic rings. The largest absolute Gasteiger partial charge is 0.457 e. The lowest BCUT2D eigenvalue weighted by atomic mass is 10.1. The molecular formula is C18H12N4O4S. The van der Waals surface area contributed by atoms with E-state index in [2.05, 4.69) is 10.1 Å². The number of fused-ring (bicyclic) bond motifs is 1. The van der Waals surface area contributed by atoms with Gasteiger partial charge in [-0.25, -0.2) is 14.3 Å². The van der Waals surface area contributed by atoms with E-state index in [1.54, 1.807) is 16.1 Å².